The van der Waals surface area contributed by atoms with Gasteiger partial charge in [0.15, 0.2) is 0 Å². The molecule has 1 aromatic carbocycles. The summed E-state index contributed by atoms with van der Waals surface area (Å²) in [5.74, 6) is 10.2. The Morgan fingerprint density at radius 3 is 2.43 bits per heavy atom. The number of benzene rings is 1. The topological polar surface area (TPSA) is 101 Å². The molecule has 0 atom stereocenters. The van der Waals surface area contributed by atoms with E-state index in [1.807, 2.05) is 31.2 Å². The van der Waals surface area contributed by atoms with Gasteiger partial charge in [0.1, 0.15) is 0 Å². The van der Waals surface area contributed by atoms with E-state index in [-0.39, 0.29) is 5.96 Å². The number of guanidine groups is 1. The second-order valence-electron chi connectivity index (χ2n) is 2.63. The summed E-state index contributed by atoms with van der Waals surface area (Å²) in [5.41, 5.74) is 4.17. The number of hydrazine groups is 1. The third kappa shape index (κ3) is 2.83. The molecule has 1 rings (SSSR count). The van der Waals surface area contributed by atoms with Crippen molar-refractivity contribution in [3.05, 3.63) is 29.8 Å². The Labute approximate surface area is 81.7 Å². The molecule has 0 unspecified atom stereocenters. The Bertz CT molecular complexity index is 339. The van der Waals surface area contributed by atoms with Gasteiger partial charge in [0.05, 0.1) is 5.69 Å². The van der Waals surface area contributed by atoms with Crippen molar-refractivity contribution in [2.24, 2.45) is 27.0 Å². The Kier molecular flexibility index (Phi) is 3.57. The van der Waals surface area contributed by atoms with E-state index >= 15 is 0 Å². The molecule has 0 aliphatic carbocycles. The predicted octanol–water partition coefficient (Wildman–Crippen LogP) is 0.772. The van der Waals surface area contributed by atoms with Gasteiger partial charge in [-0.05, 0) is 19.1 Å². The molecule has 0 saturated carbocycles. The first-order valence-corrected chi connectivity index (χ1v) is 3.99. The fourth-order valence-electron chi connectivity index (χ4n) is 0.880. The molecular weight excluding hydrogens is 180 g/mol. The normalized spacial score (nSPS) is 12.0. The zero-order valence-corrected chi connectivity index (χ0v) is 7.81. The maximum Gasteiger partial charge on any atom is 0.259 e. The first-order valence-electron chi connectivity index (χ1n) is 3.99. The molecule has 0 spiro atoms. The van der Waals surface area contributed by atoms with Gasteiger partial charge in [-0.1, -0.05) is 28.0 Å². The van der Waals surface area contributed by atoms with E-state index in [0.29, 0.717) is 0 Å². The van der Waals surface area contributed by atoms with Gasteiger partial charge < -0.3 is 5.84 Å². The summed E-state index contributed by atoms with van der Waals surface area (Å²) >= 11 is 0. The lowest BCUT2D eigenvalue weighted by Gasteiger charge is -1.98. The average Bonchev–Trinajstić information content (AvgIpc) is 2.20. The lowest BCUT2D eigenvalue weighted by Crippen LogP contribution is -2.28. The molecule has 0 fully saturated rings. The van der Waals surface area contributed by atoms with Crippen LogP contribution in [0.5, 0.6) is 0 Å². The highest BCUT2D eigenvalue weighted by molar-refractivity contribution is 5.82. The SMILES string of the molecule is Cc1ccc(N=C(N=NN)NN)cc1. The predicted molar refractivity (Wildman–Crippen MR) is 54.6 cm³/mol. The van der Waals surface area contributed by atoms with Crippen molar-refractivity contribution in [1.82, 2.24) is 5.43 Å². The minimum Gasteiger partial charge on any atom is -0.304 e. The van der Waals surface area contributed by atoms with Crippen molar-refractivity contribution in [3.63, 3.8) is 0 Å². The fourth-order valence-corrected chi connectivity index (χ4v) is 0.880. The van der Waals surface area contributed by atoms with Crippen LogP contribution in [0.4, 0.5) is 5.69 Å². The summed E-state index contributed by atoms with van der Waals surface area (Å²) in [5, 5.41) is 6.55. The zero-order chi connectivity index (χ0) is 10.4. The highest BCUT2D eigenvalue weighted by Gasteiger charge is 1.93. The minimum absolute atomic E-state index is 0.163. The number of hydrogen-bond donors (Lipinski definition) is 3. The van der Waals surface area contributed by atoms with Crippen LogP contribution in [0.15, 0.2) is 39.6 Å². The molecule has 14 heavy (non-hydrogen) atoms. The van der Waals surface area contributed by atoms with Gasteiger partial charge in [0.25, 0.3) is 5.96 Å². The maximum absolute atomic E-state index is 5.15. The summed E-state index contributed by atoms with van der Waals surface area (Å²) in [6.45, 7) is 2.00. The van der Waals surface area contributed by atoms with Crippen molar-refractivity contribution in [3.8, 4) is 0 Å². The van der Waals surface area contributed by atoms with E-state index in [4.69, 9.17) is 11.7 Å². The Morgan fingerprint density at radius 1 is 1.29 bits per heavy atom. The molecule has 0 aliphatic heterocycles. The lowest BCUT2D eigenvalue weighted by molar-refractivity contribution is 0.961. The van der Waals surface area contributed by atoms with E-state index in [0.717, 1.165) is 11.3 Å². The lowest BCUT2D eigenvalue weighted by atomic mass is 10.2. The number of aliphatic imine (C=N–C) groups is 1. The second-order valence-corrected chi connectivity index (χ2v) is 2.63. The maximum atomic E-state index is 5.15. The minimum atomic E-state index is 0.163. The van der Waals surface area contributed by atoms with Gasteiger partial charge in [-0.15, -0.1) is 0 Å². The molecule has 0 bridgehead atoms. The van der Waals surface area contributed by atoms with Crippen LogP contribution >= 0.6 is 0 Å². The van der Waals surface area contributed by atoms with Crippen LogP contribution in [0.25, 0.3) is 0 Å². The van der Waals surface area contributed by atoms with Gasteiger partial charge in [-0.3, -0.25) is 5.43 Å². The van der Waals surface area contributed by atoms with Crippen LogP contribution in [0.2, 0.25) is 0 Å². The standard InChI is InChI=1S/C8H12N6/c1-6-2-4-7(5-3-6)11-8(12-9)13-14-10/h2-5H,9H2,1H3,(H3,10,11,12,13). The largest absolute Gasteiger partial charge is 0.304 e. The highest BCUT2D eigenvalue weighted by atomic mass is 15.4. The van der Waals surface area contributed by atoms with Crippen LogP contribution in [0.3, 0.4) is 0 Å². The van der Waals surface area contributed by atoms with Crippen molar-refractivity contribution in [1.29, 1.82) is 0 Å². The van der Waals surface area contributed by atoms with Crippen molar-refractivity contribution in [2.75, 3.05) is 0 Å². The highest BCUT2D eigenvalue weighted by Crippen LogP contribution is 2.12. The van der Waals surface area contributed by atoms with E-state index in [9.17, 15) is 0 Å². The van der Waals surface area contributed by atoms with Gasteiger partial charge in [-0.25, -0.2) is 10.8 Å². The number of aryl methyl sites for hydroxylation is 1. The summed E-state index contributed by atoms with van der Waals surface area (Å²) in [6.07, 6.45) is 0. The summed E-state index contributed by atoms with van der Waals surface area (Å²) in [4.78, 5) is 4.05. The smallest absolute Gasteiger partial charge is 0.259 e. The molecule has 0 heterocycles. The van der Waals surface area contributed by atoms with Crippen LogP contribution in [0, 0.1) is 6.92 Å². The molecule has 0 saturated heterocycles. The molecular formula is C8H12N6. The molecule has 1 aromatic rings. The number of nitrogens with two attached hydrogens (primary N) is 2. The fraction of sp³-hybridized carbons (Fsp3) is 0.125. The molecule has 0 aromatic heterocycles. The average molecular weight is 192 g/mol. The molecule has 6 heteroatoms. The molecule has 5 N–H and O–H groups in total. The zero-order valence-electron chi connectivity index (χ0n) is 7.81. The second kappa shape index (κ2) is 4.93. The molecule has 6 nitrogen and oxygen atoms in total. The number of hydrogen-bond acceptors (Lipinski definition) is 3. The summed E-state index contributed by atoms with van der Waals surface area (Å²) in [7, 11) is 0. The van der Waals surface area contributed by atoms with Crippen molar-refractivity contribution >= 4 is 11.6 Å². The van der Waals surface area contributed by atoms with Crippen LogP contribution in [0.1, 0.15) is 5.56 Å². The first kappa shape index (κ1) is 10.1. The van der Waals surface area contributed by atoms with Gasteiger partial charge in [-0.2, -0.15) is 0 Å². The van der Waals surface area contributed by atoms with Crippen molar-refractivity contribution < 1.29 is 0 Å². The van der Waals surface area contributed by atoms with Crippen LogP contribution in [-0.4, -0.2) is 5.96 Å². The quantitative estimate of drug-likeness (QED) is 0.201. The van der Waals surface area contributed by atoms with Gasteiger partial charge >= 0.3 is 0 Å². The summed E-state index contributed by atoms with van der Waals surface area (Å²) in [6, 6.07) is 7.57. The van der Waals surface area contributed by atoms with E-state index in [1.165, 1.54) is 0 Å². The Balaban J connectivity index is 2.89. The number of nitrogens with one attached hydrogen (secondary N) is 1. The number of nitrogens with zero attached hydrogens (tertiary/aromatic N) is 3. The molecule has 74 valence electrons. The van der Waals surface area contributed by atoms with Crippen LogP contribution in [-0.2, 0) is 0 Å². The van der Waals surface area contributed by atoms with Crippen molar-refractivity contribution in [2.45, 2.75) is 6.92 Å². The van der Waals surface area contributed by atoms with E-state index in [2.05, 4.69) is 20.8 Å². The third-order valence-electron chi connectivity index (χ3n) is 1.55. The summed E-state index contributed by atoms with van der Waals surface area (Å²) < 4.78 is 0. The monoisotopic (exact) mass is 192 g/mol. The third-order valence-corrected chi connectivity index (χ3v) is 1.55. The molecule has 0 radical (unpaired) electrons. The van der Waals surface area contributed by atoms with Gasteiger partial charge in [0.2, 0.25) is 0 Å². The van der Waals surface area contributed by atoms with E-state index in [1.54, 1.807) is 0 Å². The molecule has 0 aliphatic rings. The first-order chi connectivity index (χ1) is 6.76. The van der Waals surface area contributed by atoms with Crippen LogP contribution < -0.4 is 17.1 Å². The van der Waals surface area contributed by atoms with Gasteiger partial charge in [0, 0.05) is 0 Å². The number of rotatable bonds is 1. The molecule has 0 amide bonds. The van der Waals surface area contributed by atoms with E-state index < -0.39 is 0 Å². The Morgan fingerprint density at radius 2 is 1.93 bits per heavy atom. The Hall–Kier alpha value is -1.95.